The maximum absolute atomic E-state index is 12.2. The van der Waals surface area contributed by atoms with Gasteiger partial charge in [0.1, 0.15) is 5.70 Å². The largest absolute Gasteiger partial charge is 0.477 e. The molecule has 112 valence electrons. The van der Waals surface area contributed by atoms with Crippen LogP contribution in [0.15, 0.2) is 33.9 Å². The molecule has 2 rings (SSSR count). The van der Waals surface area contributed by atoms with Crippen molar-refractivity contribution in [3.63, 3.8) is 0 Å². The third-order valence-electron chi connectivity index (χ3n) is 3.25. The molecule has 1 saturated heterocycles. The number of fused-ring (bicyclic) bond motifs is 1. The number of nitrogens with zero attached hydrogens (tertiary/aromatic N) is 1. The molecule has 2 amide bonds. The van der Waals surface area contributed by atoms with Crippen molar-refractivity contribution in [3.8, 4) is 0 Å². The smallest absolute Gasteiger partial charge is 0.353 e. The van der Waals surface area contributed by atoms with E-state index >= 15 is 0 Å². The van der Waals surface area contributed by atoms with Crippen LogP contribution in [-0.2, 0) is 25.2 Å². The van der Waals surface area contributed by atoms with Crippen molar-refractivity contribution in [2.45, 2.75) is 26.3 Å². The first kappa shape index (κ1) is 15.2. The molecule has 0 bridgehead atoms. The zero-order valence-corrected chi connectivity index (χ0v) is 12.3. The molecule has 0 aromatic rings. The van der Waals surface area contributed by atoms with Crippen LogP contribution >= 0.6 is 0 Å². The lowest BCUT2D eigenvalue weighted by Gasteiger charge is -2.37. The van der Waals surface area contributed by atoms with Gasteiger partial charge in [0.25, 0.3) is 5.91 Å². The molecule has 0 aromatic carbocycles. The maximum Gasteiger partial charge on any atom is 0.353 e. The first-order valence-corrected chi connectivity index (χ1v) is 7.40. The molecular formula is C13H14N2O5S. The molecular weight excluding hydrogens is 296 g/mol. The van der Waals surface area contributed by atoms with Crippen LogP contribution in [-0.4, -0.2) is 38.0 Å². The number of rotatable bonds is 4. The van der Waals surface area contributed by atoms with Crippen LogP contribution in [0.3, 0.4) is 0 Å². The zero-order chi connectivity index (χ0) is 15.7. The van der Waals surface area contributed by atoms with E-state index in [2.05, 4.69) is 5.32 Å². The number of nitrogens with one attached hydrogen (secondary N) is 1. The molecule has 0 aromatic heterocycles. The van der Waals surface area contributed by atoms with Gasteiger partial charge in [0.05, 0.1) is 21.7 Å². The van der Waals surface area contributed by atoms with E-state index in [1.165, 1.54) is 18.5 Å². The minimum absolute atomic E-state index is 0.180. The molecule has 2 aliphatic heterocycles. The minimum Gasteiger partial charge on any atom is -0.477 e. The summed E-state index contributed by atoms with van der Waals surface area (Å²) < 4.78 is 12.2. The van der Waals surface area contributed by atoms with E-state index in [1.54, 1.807) is 13.0 Å². The topological polar surface area (TPSA) is 104 Å². The van der Waals surface area contributed by atoms with Gasteiger partial charge in [-0.1, -0.05) is 6.08 Å². The Kier molecular flexibility index (Phi) is 4.08. The van der Waals surface area contributed by atoms with Crippen LogP contribution < -0.4 is 5.32 Å². The van der Waals surface area contributed by atoms with E-state index < -0.39 is 16.8 Å². The van der Waals surface area contributed by atoms with Gasteiger partial charge in [-0.25, -0.2) is 9.00 Å². The fraction of sp³-hybridized carbons (Fsp3) is 0.308. The fourth-order valence-corrected chi connectivity index (χ4v) is 3.43. The van der Waals surface area contributed by atoms with Crippen LogP contribution in [0.4, 0.5) is 0 Å². The summed E-state index contributed by atoms with van der Waals surface area (Å²) in [4.78, 5) is 35.3. The Morgan fingerprint density at radius 2 is 2.14 bits per heavy atom. The molecule has 0 aliphatic carbocycles. The average Bonchev–Trinajstić information content (AvgIpc) is 2.74. The number of hydrogen-bond acceptors (Lipinski definition) is 4. The lowest BCUT2D eigenvalue weighted by atomic mass is 9.94. The predicted molar refractivity (Wildman–Crippen MR) is 74.8 cm³/mol. The lowest BCUT2D eigenvalue weighted by Crippen LogP contribution is -2.52. The van der Waals surface area contributed by atoms with Gasteiger partial charge < -0.3 is 10.4 Å². The highest BCUT2D eigenvalue weighted by Gasteiger charge is 2.52. The van der Waals surface area contributed by atoms with Gasteiger partial charge in [-0.15, -0.1) is 0 Å². The normalized spacial score (nSPS) is 24.3. The van der Waals surface area contributed by atoms with Crippen molar-refractivity contribution < 1.29 is 23.7 Å². The highest BCUT2D eigenvalue weighted by molar-refractivity contribution is 7.91. The number of amides is 2. The minimum atomic E-state index is -1.71. The molecule has 1 fully saturated rings. The van der Waals surface area contributed by atoms with E-state index in [-0.39, 0.29) is 34.9 Å². The van der Waals surface area contributed by atoms with Crippen molar-refractivity contribution in [2.24, 2.45) is 0 Å². The van der Waals surface area contributed by atoms with Crippen LogP contribution in [0.25, 0.3) is 0 Å². The molecule has 21 heavy (non-hydrogen) atoms. The summed E-state index contributed by atoms with van der Waals surface area (Å²) in [5.41, 5.74) is 0.313. The molecule has 2 atom stereocenters. The first-order chi connectivity index (χ1) is 9.88. The number of carboxylic acid groups (broad SMARTS) is 1. The van der Waals surface area contributed by atoms with Gasteiger partial charge in [-0.05, 0) is 6.92 Å². The number of carbonyl (C=O) groups is 3. The average molecular weight is 310 g/mol. The molecule has 0 saturated carbocycles. The second-order valence-corrected chi connectivity index (χ2v) is 5.88. The van der Waals surface area contributed by atoms with Gasteiger partial charge in [-0.3, -0.25) is 14.5 Å². The van der Waals surface area contributed by atoms with E-state index in [9.17, 15) is 23.7 Å². The van der Waals surface area contributed by atoms with Crippen molar-refractivity contribution in [3.05, 3.63) is 33.9 Å². The number of β-lactam (4-membered cyclic amide) rings is 1. The van der Waals surface area contributed by atoms with Gasteiger partial charge in [0, 0.05) is 30.5 Å². The molecule has 2 N–H and O–H groups in total. The summed E-state index contributed by atoms with van der Waals surface area (Å²) in [6.07, 6.45) is 3.07. The predicted octanol–water partition coefficient (Wildman–Crippen LogP) is 0.199. The Morgan fingerprint density at radius 1 is 1.48 bits per heavy atom. The Morgan fingerprint density at radius 3 is 2.67 bits per heavy atom. The van der Waals surface area contributed by atoms with Gasteiger partial charge in [0.2, 0.25) is 5.91 Å². The van der Waals surface area contributed by atoms with Crippen molar-refractivity contribution >= 4 is 28.6 Å². The molecule has 2 aliphatic rings. The van der Waals surface area contributed by atoms with Crippen LogP contribution in [0.5, 0.6) is 0 Å². The Hall–Kier alpha value is -2.22. The second kappa shape index (κ2) is 5.65. The fourth-order valence-electron chi connectivity index (χ4n) is 2.37. The number of allylic oxidation sites excluding steroid dienone is 1. The maximum atomic E-state index is 12.2. The van der Waals surface area contributed by atoms with E-state index in [0.29, 0.717) is 5.57 Å². The second-order valence-electron chi connectivity index (χ2n) is 4.52. The monoisotopic (exact) mass is 310 g/mol. The highest BCUT2D eigenvalue weighted by Crippen LogP contribution is 2.43. The molecule has 8 heteroatoms. The van der Waals surface area contributed by atoms with Gasteiger partial charge in [-0.2, -0.15) is 0 Å². The van der Waals surface area contributed by atoms with E-state index in [1.807, 2.05) is 0 Å². The summed E-state index contributed by atoms with van der Waals surface area (Å²) in [5, 5.41) is 12.8. The Bertz CT molecular complexity index is 647. The van der Waals surface area contributed by atoms with Crippen LogP contribution in [0.1, 0.15) is 20.3 Å². The standard InChI is InChI=1S/C13H14N2O5S/c1-3-8-9-6-10(21(20)5-4-14-7(2)16)11(13(18)19)15(9)12(8)17/h3-5,9H,6H2,1-2H3,(H,14,16)(H,18,19)/t9-,21?/m1/s1. The summed E-state index contributed by atoms with van der Waals surface area (Å²) in [5.74, 6) is -1.97. The van der Waals surface area contributed by atoms with Crippen molar-refractivity contribution in [1.82, 2.24) is 10.2 Å². The SMILES string of the molecule is CC=C1C(=O)N2C(C(=O)O)=C(S(=O)C=CNC(C)=O)C[C@H]12. The summed E-state index contributed by atoms with van der Waals surface area (Å²) in [6.45, 7) is 3.00. The molecule has 2 heterocycles. The van der Waals surface area contributed by atoms with Gasteiger partial charge >= 0.3 is 5.97 Å². The molecule has 0 spiro atoms. The summed E-state index contributed by atoms with van der Waals surface area (Å²) in [6, 6.07) is -0.346. The zero-order valence-electron chi connectivity index (χ0n) is 11.5. The number of carboxylic acids is 1. The van der Waals surface area contributed by atoms with E-state index in [4.69, 9.17) is 0 Å². The number of aliphatic carboxylic acids is 1. The van der Waals surface area contributed by atoms with E-state index in [0.717, 1.165) is 4.90 Å². The quantitative estimate of drug-likeness (QED) is 0.570. The lowest BCUT2D eigenvalue weighted by molar-refractivity contribution is -0.142. The Balaban J connectivity index is 2.28. The highest BCUT2D eigenvalue weighted by atomic mass is 32.2. The number of carbonyl (C=O) groups excluding carboxylic acids is 2. The molecule has 0 radical (unpaired) electrons. The van der Waals surface area contributed by atoms with Crippen molar-refractivity contribution in [1.29, 1.82) is 0 Å². The van der Waals surface area contributed by atoms with Crippen molar-refractivity contribution in [2.75, 3.05) is 0 Å². The summed E-state index contributed by atoms with van der Waals surface area (Å²) in [7, 11) is -1.71. The third-order valence-corrected chi connectivity index (χ3v) is 4.48. The first-order valence-electron chi connectivity index (χ1n) is 6.19. The molecule has 7 nitrogen and oxygen atoms in total. The van der Waals surface area contributed by atoms with Crippen LogP contribution in [0, 0.1) is 0 Å². The Labute approximate surface area is 123 Å². The summed E-state index contributed by atoms with van der Waals surface area (Å²) >= 11 is 0. The molecule has 1 unspecified atom stereocenters. The third kappa shape index (κ3) is 2.54. The van der Waals surface area contributed by atoms with Gasteiger partial charge in [0.15, 0.2) is 0 Å². The van der Waals surface area contributed by atoms with Crippen LogP contribution in [0.2, 0.25) is 0 Å². The number of hydrogen-bond donors (Lipinski definition) is 2.